The largest absolute Gasteiger partial charge is 0.458 e. The van der Waals surface area contributed by atoms with Crippen molar-refractivity contribution in [3.63, 3.8) is 0 Å². The Morgan fingerprint density at radius 1 is 1.36 bits per heavy atom. The van der Waals surface area contributed by atoms with Crippen LogP contribution < -0.4 is 5.32 Å². The number of nitrogens with one attached hydrogen (secondary N) is 1. The minimum atomic E-state index is 0.0463. The van der Waals surface area contributed by atoms with Gasteiger partial charge in [-0.05, 0) is 25.0 Å². The number of carbonyl (C=O) groups excluding carboxylic acids is 1. The monoisotopic (exact) mass is 341 g/mol. The molecule has 3 rings (SSSR count). The molecule has 0 fully saturated rings. The molecule has 25 heavy (non-hydrogen) atoms. The predicted molar refractivity (Wildman–Crippen MR) is 94.3 cm³/mol. The van der Waals surface area contributed by atoms with E-state index in [2.05, 4.69) is 22.3 Å². The van der Waals surface area contributed by atoms with Crippen LogP contribution in [0.5, 0.6) is 0 Å². The molecule has 132 valence electrons. The highest BCUT2D eigenvalue weighted by molar-refractivity contribution is 5.75. The molecule has 0 aromatic carbocycles. The number of hydrogen-bond acceptors (Lipinski definition) is 4. The Morgan fingerprint density at radius 3 is 3.04 bits per heavy atom. The Labute approximate surface area is 146 Å². The minimum absolute atomic E-state index is 0.0463. The number of rotatable bonds is 8. The second kappa shape index (κ2) is 7.83. The van der Waals surface area contributed by atoms with Crippen molar-refractivity contribution in [2.24, 2.45) is 0 Å². The number of imidazole rings is 1. The molecule has 0 radical (unpaired) electrons. The first-order valence-corrected chi connectivity index (χ1v) is 8.57. The van der Waals surface area contributed by atoms with E-state index in [0.29, 0.717) is 13.0 Å². The third kappa shape index (κ3) is 3.99. The molecule has 1 amide bonds. The fourth-order valence-electron chi connectivity index (χ4n) is 2.70. The highest BCUT2D eigenvalue weighted by Crippen LogP contribution is 2.24. The van der Waals surface area contributed by atoms with E-state index in [1.54, 1.807) is 19.4 Å². The Balaban J connectivity index is 1.73. The Morgan fingerprint density at radius 2 is 2.24 bits per heavy atom. The number of hydrogen-bond donors (Lipinski definition) is 1. The van der Waals surface area contributed by atoms with Crippen molar-refractivity contribution in [2.75, 3.05) is 7.05 Å². The van der Waals surface area contributed by atoms with Crippen LogP contribution in [-0.2, 0) is 17.8 Å². The summed E-state index contributed by atoms with van der Waals surface area (Å²) in [6.07, 6.45) is 10.6. The van der Waals surface area contributed by atoms with E-state index in [9.17, 15) is 4.79 Å². The summed E-state index contributed by atoms with van der Waals surface area (Å²) in [5.74, 6) is 2.52. The molecule has 1 N–H and O–H groups in total. The highest BCUT2D eigenvalue weighted by atomic mass is 16.3. The fraction of sp³-hybridized carbons (Fsp3) is 0.389. The molecule has 3 heterocycles. The molecule has 0 spiro atoms. The lowest BCUT2D eigenvalue weighted by Gasteiger charge is -2.03. The van der Waals surface area contributed by atoms with Crippen LogP contribution in [0.15, 0.2) is 41.3 Å². The third-order valence-electron chi connectivity index (χ3n) is 3.99. The molecule has 0 bridgehead atoms. The quantitative estimate of drug-likeness (QED) is 0.683. The number of aryl methyl sites for hydroxylation is 2. The fourth-order valence-corrected chi connectivity index (χ4v) is 2.70. The van der Waals surface area contributed by atoms with Crippen LogP contribution in [-0.4, -0.2) is 32.3 Å². The summed E-state index contributed by atoms with van der Waals surface area (Å²) in [5, 5.41) is 6.99. The lowest BCUT2D eigenvalue weighted by atomic mass is 10.3. The normalized spacial score (nSPS) is 11.0. The number of furan rings is 1. The maximum atomic E-state index is 11.3. The molecule has 7 heteroatoms. The summed E-state index contributed by atoms with van der Waals surface area (Å²) in [4.78, 5) is 15.7. The molecule has 0 saturated heterocycles. The van der Waals surface area contributed by atoms with Crippen molar-refractivity contribution in [1.29, 1.82) is 0 Å². The first-order valence-electron chi connectivity index (χ1n) is 8.57. The van der Waals surface area contributed by atoms with Gasteiger partial charge < -0.3 is 9.73 Å². The average Bonchev–Trinajstić information content (AvgIpc) is 3.34. The first-order chi connectivity index (χ1) is 12.2. The topological polar surface area (TPSA) is 77.9 Å². The van der Waals surface area contributed by atoms with Crippen LogP contribution in [0.25, 0.3) is 17.3 Å². The number of aromatic nitrogens is 4. The number of nitrogens with zero attached hydrogens (tertiary/aromatic N) is 4. The van der Waals surface area contributed by atoms with Gasteiger partial charge in [-0.1, -0.05) is 6.92 Å². The van der Waals surface area contributed by atoms with Gasteiger partial charge in [0.15, 0.2) is 11.6 Å². The molecular formula is C18H23N5O2. The molecule has 0 aliphatic rings. The van der Waals surface area contributed by atoms with Gasteiger partial charge in [0.1, 0.15) is 5.76 Å². The van der Waals surface area contributed by atoms with Gasteiger partial charge in [-0.25, -0.2) is 4.98 Å². The van der Waals surface area contributed by atoms with E-state index in [0.717, 1.165) is 42.3 Å². The van der Waals surface area contributed by atoms with Gasteiger partial charge in [0.25, 0.3) is 0 Å². The van der Waals surface area contributed by atoms with Crippen LogP contribution in [0.1, 0.15) is 31.9 Å². The summed E-state index contributed by atoms with van der Waals surface area (Å²) in [7, 11) is 1.65. The first kappa shape index (κ1) is 17.0. The van der Waals surface area contributed by atoms with Gasteiger partial charge in [0.05, 0.1) is 11.9 Å². The zero-order chi connectivity index (χ0) is 17.6. The molecule has 7 nitrogen and oxygen atoms in total. The summed E-state index contributed by atoms with van der Waals surface area (Å²) < 4.78 is 9.68. The maximum Gasteiger partial charge on any atom is 0.219 e. The van der Waals surface area contributed by atoms with Gasteiger partial charge >= 0.3 is 0 Å². The zero-order valence-electron chi connectivity index (χ0n) is 14.6. The molecule has 0 aliphatic heterocycles. The van der Waals surface area contributed by atoms with E-state index >= 15 is 0 Å². The lowest BCUT2D eigenvalue weighted by molar-refractivity contribution is -0.120. The SMILES string of the molecule is CCCc1ccc(-c2nccn2-c2cnn(CCCC(=O)NC)c2)o1. The van der Waals surface area contributed by atoms with E-state index in [1.807, 2.05) is 33.8 Å². The molecule has 0 unspecified atom stereocenters. The van der Waals surface area contributed by atoms with Crippen molar-refractivity contribution in [2.45, 2.75) is 39.2 Å². The van der Waals surface area contributed by atoms with Crippen LogP contribution in [0, 0.1) is 0 Å². The number of amides is 1. The maximum absolute atomic E-state index is 11.3. The second-order valence-corrected chi connectivity index (χ2v) is 5.88. The molecule has 0 atom stereocenters. The van der Waals surface area contributed by atoms with E-state index < -0.39 is 0 Å². The minimum Gasteiger partial charge on any atom is -0.458 e. The predicted octanol–water partition coefficient (Wildman–Crippen LogP) is 2.81. The molecule has 3 aromatic heterocycles. The zero-order valence-corrected chi connectivity index (χ0v) is 14.6. The Kier molecular flexibility index (Phi) is 5.33. The van der Waals surface area contributed by atoms with Gasteiger partial charge in [-0.15, -0.1) is 0 Å². The summed E-state index contributed by atoms with van der Waals surface area (Å²) in [5.41, 5.74) is 0.917. The summed E-state index contributed by atoms with van der Waals surface area (Å²) in [6.45, 7) is 2.82. The Hall–Kier alpha value is -2.83. The third-order valence-corrected chi connectivity index (χ3v) is 3.99. The van der Waals surface area contributed by atoms with Gasteiger partial charge in [0, 0.05) is 45.0 Å². The standard InChI is InChI=1S/C18H23N5O2/c1-3-5-15-7-8-16(25-15)18-20-9-11-23(18)14-12-21-22(13-14)10-4-6-17(24)19-2/h7-9,11-13H,3-6,10H2,1-2H3,(H,19,24). The lowest BCUT2D eigenvalue weighted by Crippen LogP contribution is -2.17. The molecular weight excluding hydrogens is 318 g/mol. The van der Waals surface area contributed by atoms with Gasteiger partial charge in [-0.3, -0.25) is 14.0 Å². The van der Waals surface area contributed by atoms with E-state index in [-0.39, 0.29) is 5.91 Å². The van der Waals surface area contributed by atoms with Crippen LogP contribution >= 0.6 is 0 Å². The summed E-state index contributed by atoms with van der Waals surface area (Å²) in [6, 6.07) is 3.96. The van der Waals surface area contributed by atoms with Crippen LogP contribution in [0.2, 0.25) is 0 Å². The van der Waals surface area contributed by atoms with Crippen LogP contribution in [0.4, 0.5) is 0 Å². The van der Waals surface area contributed by atoms with Crippen LogP contribution in [0.3, 0.4) is 0 Å². The highest BCUT2D eigenvalue weighted by Gasteiger charge is 2.13. The van der Waals surface area contributed by atoms with Crippen molar-refractivity contribution in [1.82, 2.24) is 24.6 Å². The van der Waals surface area contributed by atoms with Gasteiger partial charge in [0.2, 0.25) is 5.91 Å². The molecule has 0 aliphatic carbocycles. The van der Waals surface area contributed by atoms with Crippen molar-refractivity contribution in [3.8, 4) is 17.3 Å². The second-order valence-electron chi connectivity index (χ2n) is 5.88. The smallest absolute Gasteiger partial charge is 0.219 e. The Bertz CT molecular complexity index is 830. The van der Waals surface area contributed by atoms with Crippen molar-refractivity contribution >= 4 is 5.91 Å². The molecule has 3 aromatic rings. The van der Waals surface area contributed by atoms with Gasteiger partial charge in [-0.2, -0.15) is 5.10 Å². The summed E-state index contributed by atoms with van der Waals surface area (Å²) >= 11 is 0. The van der Waals surface area contributed by atoms with E-state index in [4.69, 9.17) is 4.42 Å². The average molecular weight is 341 g/mol. The van der Waals surface area contributed by atoms with E-state index in [1.165, 1.54) is 0 Å². The van der Waals surface area contributed by atoms with Crippen molar-refractivity contribution < 1.29 is 9.21 Å². The molecule has 0 saturated carbocycles. The van der Waals surface area contributed by atoms with Crippen molar-refractivity contribution in [3.05, 3.63) is 42.7 Å². The number of carbonyl (C=O) groups is 1.